The summed E-state index contributed by atoms with van der Waals surface area (Å²) in [5, 5.41) is 186. The number of rotatable bonds is 14. The first-order valence-corrected chi connectivity index (χ1v) is 33.0. The monoisotopic (exact) mass is 1340 g/mol. The first-order chi connectivity index (χ1) is 43.6. The van der Waals surface area contributed by atoms with Crippen LogP contribution in [0.2, 0.25) is 0 Å². The van der Waals surface area contributed by atoms with Gasteiger partial charge in [-0.2, -0.15) is 0 Å². The highest BCUT2D eigenvalue weighted by atomic mass is 16.8. The largest absolute Gasteiger partial charge is 0.432 e. The van der Waals surface area contributed by atoms with E-state index in [1.807, 2.05) is 0 Å². The summed E-state index contributed by atoms with van der Waals surface area (Å²) in [6.45, 7) is 14.0. The Morgan fingerprint density at radius 2 is 1.05 bits per heavy atom. The summed E-state index contributed by atoms with van der Waals surface area (Å²) in [7, 11) is 0. The van der Waals surface area contributed by atoms with E-state index in [0.717, 1.165) is 18.4 Å². The summed E-state index contributed by atoms with van der Waals surface area (Å²) in [5.74, 6) is -1.24. The summed E-state index contributed by atoms with van der Waals surface area (Å²) in [6.07, 6.45) is -38.7. The highest BCUT2D eigenvalue weighted by Gasteiger charge is 2.72. The van der Waals surface area contributed by atoms with Crippen LogP contribution in [0.15, 0.2) is 11.6 Å². The van der Waals surface area contributed by atoms with Gasteiger partial charge < -0.3 is 144 Å². The Bertz CT molecular complexity index is 2620. The molecule has 534 valence electrons. The predicted molar refractivity (Wildman–Crippen MR) is 310 cm³/mol. The van der Waals surface area contributed by atoms with Crippen LogP contribution < -0.4 is 0 Å². The van der Waals surface area contributed by atoms with Crippen molar-refractivity contribution in [3.05, 3.63) is 11.6 Å². The van der Waals surface area contributed by atoms with Crippen LogP contribution in [-0.2, 0) is 61.6 Å². The Hall–Kier alpha value is -1.91. The lowest BCUT2D eigenvalue weighted by molar-refractivity contribution is -0.369. The van der Waals surface area contributed by atoms with Crippen LogP contribution in [0, 0.1) is 50.2 Å². The van der Waals surface area contributed by atoms with Crippen molar-refractivity contribution in [1.82, 2.24) is 0 Å². The van der Waals surface area contributed by atoms with Gasteiger partial charge >= 0.3 is 5.97 Å². The molecular weight excluding hydrogens is 1240 g/mol. The number of carbonyl (C=O) groups is 1. The quantitative estimate of drug-likeness (QED) is 0.0443. The second kappa shape index (κ2) is 26.9. The Morgan fingerprint density at radius 1 is 0.505 bits per heavy atom. The van der Waals surface area contributed by atoms with E-state index < -0.39 is 238 Å². The molecule has 17 N–H and O–H groups in total. The van der Waals surface area contributed by atoms with Gasteiger partial charge in [0.25, 0.3) is 0 Å². The molecular formula is C63H102O30. The average molecular weight is 1340 g/mol. The van der Waals surface area contributed by atoms with Crippen LogP contribution in [0.25, 0.3) is 0 Å². The molecule has 11 aliphatic rings. The van der Waals surface area contributed by atoms with Crippen LogP contribution in [0.3, 0.4) is 0 Å². The number of hydrogen-bond acceptors (Lipinski definition) is 30. The maximum atomic E-state index is 15.4. The molecule has 0 bridgehead atoms. The molecule has 30 heteroatoms. The van der Waals surface area contributed by atoms with Gasteiger partial charge in [0.1, 0.15) is 127 Å². The van der Waals surface area contributed by atoms with Gasteiger partial charge in [-0.15, -0.1) is 0 Å². The third-order valence-corrected chi connectivity index (χ3v) is 24.5. The third-order valence-electron chi connectivity index (χ3n) is 24.5. The molecule has 36 unspecified atom stereocenters. The average Bonchev–Trinajstić information content (AvgIpc) is 0.672. The van der Waals surface area contributed by atoms with Gasteiger partial charge in [0, 0.05) is 0 Å². The zero-order valence-electron chi connectivity index (χ0n) is 53.9. The number of esters is 1. The molecule has 0 aromatic heterocycles. The Labute approximate surface area is 539 Å². The minimum Gasteiger partial charge on any atom is -0.432 e. The number of ether oxygens (including phenoxy) is 12. The Balaban J connectivity index is 0.771. The van der Waals surface area contributed by atoms with E-state index in [1.165, 1.54) is 6.92 Å². The molecule has 36 atom stereocenters. The maximum Gasteiger partial charge on any atom is 0.317 e. The normalized spacial score (nSPS) is 54.7. The number of aliphatic hydroxyl groups is 17. The van der Waals surface area contributed by atoms with Gasteiger partial charge in [-0.1, -0.05) is 60.1 Å². The second-order valence-electron chi connectivity index (χ2n) is 30.6. The summed E-state index contributed by atoms with van der Waals surface area (Å²) in [5.41, 5.74) is -2.71. The van der Waals surface area contributed by atoms with E-state index in [2.05, 4.69) is 54.5 Å². The predicted octanol–water partition coefficient (Wildman–Crippen LogP) is -4.47. The molecule has 0 amide bonds. The molecule has 30 nitrogen and oxygen atoms in total. The zero-order valence-corrected chi connectivity index (χ0v) is 53.9. The van der Waals surface area contributed by atoms with E-state index in [-0.39, 0.29) is 42.1 Å². The molecule has 5 aliphatic carbocycles. The lowest BCUT2D eigenvalue weighted by atomic mass is 9.33. The van der Waals surface area contributed by atoms with Crippen LogP contribution in [-0.4, -0.2) is 304 Å². The molecule has 11 rings (SSSR count). The van der Waals surface area contributed by atoms with Crippen LogP contribution in [0.5, 0.6) is 0 Å². The van der Waals surface area contributed by atoms with Crippen molar-refractivity contribution in [2.45, 2.75) is 291 Å². The van der Waals surface area contributed by atoms with E-state index in [1.54, 1.807) is 0 Å². The van der Waals surface area contributed by atoms with E-state index in [9.17, 15) is 86.8 Å². The lowest BCUT2D eigenvalue weighted by Crippen LogP contribution is -2.68. The van der Waals surface area contributed by atoms with Crippen molar-refractivity contribution in [2.75, 3.05) is 33.0 Å². The molecule has 93 heavy (non-hydrogen) atoms. The highest BCUT2D eigenvalue weighted by molar-refractivity contribution is 5.80. The van der Waals surface area contributed by atoms with Gasteiger partial charge in [0.2, 0.25) is 6.29 Å². The molecule has 4 saturated carbocycles. The number of aliphatic hydroxyl groups excluding tert-OH is 17. The number of carbonyl (C=O) groups excluding carboxylic acids is 1. The van der Waals surface area contributed by atoms with Gasteiger partial charge in [-0.3, -0.25) is 4.79 Å². The molecule has 0 aromatic carbocycles. The maximum absolute atomic E-state index is 15.4. The summed E-state index contributed by atoms with van der Waals surface area (Å²) >= 11 is 0. The smallest absolute Gasteiger partial charge is 0.317 e. The van der Waals surface area contributed by atoms with Gasteiger partial charge in [-0.05, 0) is 110 Å². The fraction of sp³-hybridized carbons (Fsp3) is 0.952. The van der Waals surface area contributed by atoms with Crippen molar-refractivity contribution < 1.29 is 148 Å². The van der Waals surface area contributed by atoms with E-state index in [4.69, 9.17) is 56.8 Å². The third kappa shape index (κ3) is 12.3. The number of hydrogen-bond donors (Lipinski definition) is 17. The van der Waals surface area contributed by atoms with Crippen molar-refractivity contribution >= 4 is 5.97 Å². The van der Waals surface area contributed by atoms with E-state index >= 15 is 4.79 Å². The number of allylic oxidation sites excluding steroid dienone is 2. The van der Waals surface area contributed by atoms with Crippen molar-refractivity contribution in [2.24, 2.45) is 50.2 Å². The van der Waals surface area contributed by atoms with Crippen molar-refractivity contribution in [3.63, 3.8) is 0 Å². The Morgan fingerprint density at radius 3 is 1.72 bits per heavy atom. The topological polar surface area (TPSA) is 472 Å². The van der Waals surface area contributed by atoms with Crippen LogP contribution in [0.1, 0.15) is 113 Å². The second-order valence-corrected chi connectivity index (χ2v) is 30.6. The van der Waals surface area contributed by atoms with Crippen LogP contribution in [0.4, 0.5) is 0 Å². The van der Waals surface area contributed by atoms with E-state index in [0.29, 0.717) is 32.1 Å². The number of fused-ring (bicyclic) bond motifs is 7. The van der Waals surface area contributed by atoms with Crippen molar-refractivity contribution in [1.29, 1.82) is 0 Å². The van der Waals surface area contributed by atoms with Gasteiger partial charge in [-0.25, -0.2) is 0 Å². The first kappa shape index (κ1) is 72.3. The summed E-state index contributed by atoms with van der Waals surface area (Å²) in [6, 6.07) is 0. The summed E-state index contributed by atoms with van der Waals surface area (Å²) in [4.78, 5) is 15.4. The highest BCUT2D eigenvalue weighted by Crippen LogP contribution is 2.76. The molecule has 10 fully saturated rings. The minimum absolute atomic E-state index is 0.0286. The molecule has 0 radical (unpaired) electrons. The summed E-state index contributed by atoms with van der Waals surface area (Å²) < 4.78 is 70.5. The zero-order chi connectivity index (χ0) is 67.7. The van der Waals surface area contributed by atoms with Crippen molar-refractivity contribution in [3.8, 4) is 0 Å². The fourth-order valence-electron chi connectivity index (χ4n) is 18.7. The fourth-order valence-corrected chi connectivity index (χ4v) is 18.7. The molecule has 6 saturated heterocycles. The van der Waals surface area contributed by atoms with Gasteiger partial charge in [0.15, 0.2) is 31.5 Å². The minimum atomic E-state index is -1.92. The van der Waals surface area contributed by atoms with Crippen LogP contribution >= 0.6 is 0 Å². The lowest BCUT2D eigenvalue weighted by Gasteiger charge is -2.71. The van der Waals surface area contributed by atoms with Gasteiger partial charge in [0.05, 0.1) is 51.3 Å². The standard InChI is InChI=1S/C63H102O30/c1-24-36(69)49(91-53-45(78)48(28(67)22-83-53)90-54-44(77)41(74)38(71)29(19-64)86-54)46(79)55(85-24)93-57(81)63-16-15-58(2,3)17-26(63)25-9-10-33-60(6)13-12-35(59(4,5)32(60)11-14-61(33,7)62(25,8)18-34(63)68)89-56-47(80)50(40(73)30(20-65)87-56)92-52-43(76)39(72)31(23-84-52)88-51-42(75)37(70)27(66)21-82-51/h9,24,26-56,64-80H,10-23H2,1-8H3. The molecule has 6 aliphatic heterocycles. The molecule has 0 aromatic rings. The molecule has 6 heterocycles. The Kier molecular flexibility index (Phi) is 20.9. The first-order valence-electron chi connectivity index (χ1n) is 33.0. The SMILES string of the molecule is CC1OC(OC(=O)C23CCC(C)(C)CC2C2=CCC4C5(C)CCC(OC6OC(CO)C(O)C(OC7OCC(OC8OCC(O)C(O)C8O)C(O)C7O)C6O)C(C)(C)C5CCC4(C)C2(C)CC3O)C(O)C(OC2OCC(O)C(OC3OC(CO)C(O)C(O)C3O)C2O)C1O. The molecule has 0 spiro atoms.